The van der Waals surface area contributed by atoms with E-state index in [0.717, 1.165) is 45.3 Å². The van der Waals surface area contributed by atoms with Crippen LogP contribution in [0.5, 0.6) is 0 Å². The lowest BCUT2D eigenvalue weighted by Crippen LogP contribution is -2.49. The Bertz CT molecular complexity index is 233. The largest absolute Gasteiger partial charge is 0.391 e. The van der Waals surface area contributed by atoms with Crippen molar-refractivity contribution in [3.8, 4) is 0 Å². The highest BCUT2D eigenvalue weighted by molar-refractivity contribution is 5.74. The van der Waals surface area contributed by atoms with Gasteiger partial charge in [-0.25, -0.2) is 4.79 Å². The molecule has 1 N–H and O–H groups in total. The summed E-state index contributed by atoms with van der Waals surface area (Å²) in [5, 5.41) is 9.57. The van der Waals surface area contributed by atoms with Gasteiger partial charge in [0.2, 0.25) is 0 Å². The van der Waals surface area contributed by atoms with Gasteiger partial charge in [0, 0.05) is 26.2 Å². The number of β-amino-alcohol motifs (C(OH)–C–C–N with tert-alkyl or cyclic N) is 1. The van der Waals surface area contributed by atoms with Crippen LogP contribution < -0.4 is 0 Å². The van der Waals surface area contributed by atoms with Gasteiger partial charge in [-0.2, -0.15) is 0 Å². The van der Waals surface area contributed by atoms with Crippen LogP contribution in [0.2, 0.25) is 0 Å². The Balaban J connectivity index is 1.89. The van der Waals surface area contributed by atoms with Crippen LogP contribution in [-0.4, -0.2) is 53.2 Å². The standard InChI is InChI=1S/C12H22N2O2/c15-11-6-5-9-14(10-11)12(16)13-7-3-1-2-4-8-13/h11,15H,1-10H2. The first-order chi connectivity index (χ1) is 7.77. The highest BCUT2D eigenvalue weighted by atomic mass is 16.3. The van der Waals surface area contributed by atoms with E-state index < -0.39 is 0 Å². The van der Waals surface area contributed by atoms with Crippen molar-refractivity contribution in [2.45, 2.75) is 44.6 Å². The van der Waals surface area contributed by atoms with Gasteiger partial charge < -0.3 is 14.9 Å². The minimum Gasteiger partial charge on any atom is -0.391 e. The smallest absolute Gasteiger partial charge is 0.320 e. The Kier molecular flexibility index (Phi) is 4.04. The van der Waals surface area contributed by atoms with Crippen molar-refractivity contribution in [3.05, 3.63) is 0 Å². The third-order valence-corrected chi connectivity index (χ3v) is 3.54. The molecule has 1 unspecified atom stereocenters. The maximum Gasteiger partial charge on any atom is 0.320 e. The van der Waals surface area contributed by atoms with Crippen molar-refractivity contribution in [2.24, 2.45) is 0 Å². The molecular weight excluding hydrogens is 204 g/mol. The molecule has 0 aromatic heterocycles. The van der Waals surface area contributed by atoms with Crippen molar-refractivity contribution < 1.29 is 9.90 Å². The summed E-state index contributed by atoms with van der Waals surface area (Å²) in [6, 6.07) is 0.139. The fourth-order valence-electron chi connectivity index (χ4n) is 2.59. The number of carbonyl (C=O) groups excluding carboxylic acids is 1. The van der Waals surface area contributed by atoms with E-state index in [1.807, 2.05) is 9.80 Å². The van der Waals surface area contributed by atoms with E-state index in [2.05, 4.69) is 0 Å². The van der Waals surface area contributed by atoms with Gasteiger partial charge in [0.15, 0.2) is 0 Å². The van der Waals surface area contributed by atoms with E-state index in [0.29, 0.717) is 6.54 Å². The molecule has 0 bridgehead atoms. The first-order valence-electron chi connectivity index (χ1n) is 6.49. The SMILES string of the molecule is O=C(N1CCCCCC1)N1CCCC(O)C1. The number of aliphatic hydroxyl groups is 1. The average Bonchev–Trinajstić information content (AvgIpc) is 2.56. The fourth-order valence-corrected chi connectivity index (χ4v) is 2.59. The molecule has 0 spiro atoms. The second kappa shape index (κ2) is 5.53. The summed E-state index contributed by atoms with van der Waals surface area (Å²) in [4.78, 5) is 16.0. The van der Waals surface area contributed by atoms with Crippen molar-refractivity contribution in [2.75, 3.05) is 26.2 Å². The number of aliphatic hydroxyl groups excluding tert-OH is 1. The summed E-state index contributed by atoms with van der Waals surface area (Å²) in [6.45, 7) is 3.12. The molecule has 2 amide bonds. The second-order valence-corrected chi connectivity index (χ2v) is 4.93. The predicted octanol–water partition coefficient (Wildman–Crippen LogP) is 1.44. The van der Waals surface area contributed by atoms with Gasteiger partial charge in [-0.3, -0.25) is 0 Å². The van der Waals surface area contributed by atoms with Gasteiger partial charge in [0.25, 0.3) is 0 Å². The fraction of sp³-hybridized carbons (Fsp3) is 0.917. The number of piperidine rings is 1. The van der Waals surface area contributed by atoms with Gasteiger partial charge in [0.1, 0.15) is 0 Å². The summed E-state index contributed by atoms with van der Waals surface area (Å²) >= 11 is 0. The monoisotopic (exact) mass is 226 g/mol. The zero-order chi connectivity index (χ0) is 11.4. The Morgan fingerprint density at radius 2 is 1.56 bits per heavy atom. The molecule has 16 heavy (non-hydrogen) atoms. The lowest BCUT2D eigenvalue weighted by atomic mass is 10.1. The highest BCUT2D eigenvalue weighted by Crippen LogP contribution is 2.15. The molecule has 2 rings (SSSR count). The molecule has 4 heteroatoms. The summed E-state index contributed by atoms with van der Waals surface area (Å²) in [7, 11) is 0. The van der Waals surface area contributed by atoms with Crippen LogP contribution in [0, 0.1) is 0 Å². The molecule has 0 aromatic rings. The number of hydrogen-bond acceptors (Lipinski definition) is 2. The summed E-state index contributed by atoms with van der Waals surface area (Å²) in [5.74, 6) is 0. The summed E-state index contributed by atoms with van der Waals surface area (Å²) in [5.41, 5.74) is 0. The normalized spacial score (nSPS) is 27.7. The molecule has 0 aliphatic carbocycles. The van der Waals surface area contributed by atoms with Gasteiger partial charge >= 0.3 is 6.03 Å². The van der Waals surface area contributed by atoms with Crippen LogP contribution in [0.25, 0.3) is 0 Å². The molecular formula is C12H22N2O2. The van der Waals surface area contributed by atoms with Gasteiger partial charge in [-0.15, -0.1) is 0 Å². The van der Waals surface area contributed by atoms with Crippen LogP contribution in [-0.2, 0) is 0 Å². The third-order valence-electron chi connectivity index (χ3n) is 3.54. The molecule has 4 nitrogen and oxygen atoms in total. The Hall–Kier alpha value is -0.770. The van der Waals surface area contributed by atoms with Crippen LogP contribution in [0.15, 0.2) is 0 Å². The molecule has 2 fully saturated rings. The molecule has 0 aromatic carbocycles. The van der Waals surface area contributed by atoms with E-state index in [-0.39, 0.29) is 12.1 Å². The average molecular weight is 226 g/mol. The van der Waals surface area contributed by atoms with Crippen molar-refractivity contribution in [1.82, 2.24) is 9.80 Å². The number of likely N-dealkylation sites (tertiary alicyclic amines) is 2. The topological polar surface area (TPSA) is 43.8 Å². The molecule has 2 aliphatic rings. The molecule has 2 saturated heterocycles. The van der Waals surface area contributed by atoms with E-state index in [9.17, 15) is 9.90 Å². The Morgan fingerprint density at radius 3 is 2.19 bits per heavy atom. The van der Waals surface area contributed by atoms with Crippen LogP contribution >= 0.6 is 0 Å². The maximum absolute atomic E-state index is 12.2. The van der Waals surface area contributed by atoms with E-state index >= 15 is 0 Å². The predicted molar refractivity (Wildman–Crippen MR) is 62.3 cm³/mol. The number of rotatable bonds is 0. The lowest BCUT2D eigenvalue weighted by molar-refractivity contribution is 0.0713. The van der Waals surface area contributed by atoms with Gasteiger partial charge in [-0.05, 0) is 25.7 Å². The Labute approximate surface area is 97.2 Å². The highest BCUT2D eigenvalue weighted by Gasteiger charge is 2.26. The number of nitrogens with zero attached hydrogens (tertiary/aromatic N) is 2. The molecule has 1 atom stereocenters. The number of hydrogen-bond donors (Lipinski definition) is 1. The Morgan fingerprint density at radius 1 is 0.938 bits per heavy atom. The molecule has 2 aliphatic heterocycles. The first kappa shape index (κ1) is 11.7. The minimum atomic E-state index is -0.315. The van der Waals surface area contributed by atoms with E-state index in [4.69, 9.17) is 0 Å². The van der Waals surface area contributed by atoms with Gasteiger partial charge in [-0.1, -0.05) is 12.8 Å². The van der Waals surface area contributed by atoms with Crippen LogP contribution in [0.3, 0.4) is 0 Å². The summed E-state index contributed by atoms with van der Waals surface area (Å²) in [6.07, 6.45) is 6.19. The number of urea groups is 1. The minimum absolute atomic E-state index is 0.139. The second-order valence-electron chi connectivity index (χ2n) is 4.93. The zero-order valence-electron chi connectivity index (χ0n) is 9.90. The number of amides is 2. The molecule has 0 saturated carbocycles. The lowest BCUT2D eigenvalue weighted by Gasteiger charge is -2.34. The van der Waals surface area contributed by atoms with Gasteiger partial charge in [0.05, 0.1) is 6.10 Å². The number of carbonyl (C=O) groups is 1. The van der Waals surface area contributed by atoms with Crippen LogP contribution in [0.4, 0.5) is 4.79 Å². The molecule has 0 radical (unpaired) electrons. The molecule has 92 valence electrons. The van der Waals surface area contributed by atoms with Crippen molar-refractivity contribution in [1.29, 1.82) is 0 Å². The molecule has 2 heterocycles. The van der Waals surface area contributed by atoms with E-state index in [1.54, 1.807) is 0 Å². The maximum atomic E-state index is 12.2. The van der Waals surface area contributed by atoms with Crippen molar-refractivity contribution in [3.63, 3.8) is 0 Å². The quantitative estimate of drug-likeness (QED) is 0.679. The summed E-state index contributed by atoms with van der Waals surface area (Å²) < 4.78 is 0. The van der Waals surface area contributed by atoms with E-state index in [1.165, 1.54) is 12.8 Å². The zero-order valence-corrected chi connectivity index (χ0v) is 9.90. The van der Waals surface area contributed by atoms with Crippen molar-refractivity contribution >= 4 is 6.03 Å². The van der Waals surface area contributed by atoms with Crippen LogP contribution in [0.1, 0.15) is 38.5 Å². The third kappa shape index (κ3) is 2.88. The first-order valence-corrected chi connectivity index (χ1v) is 6.49.